The van der Waals surface area contributed by atoms with Gasteiger partial charge < -0.3 is 15.1 Å². The second-order valence-electron chi connectivity index (χ2n) is 8.80. The first-order valence-electron chi connectivity index (χ1n) is 11.1. The molecule has 172 valence electrons. The van der Waals surface area contributed by atoms with Gasteiger partial charge in [-0.3, -0.25) is 4.79 Å². The van der Waals surface area contributed by atoms with Crippen molar-refractivity contribution >= 4 is 22.0 Å². The molecule has 2 aliphatic heterocycles. The summed E-state index contributed by atoms with van der Waals surface area (Å²) in [7, 11) is -3.35. The summed E-state index contributed by atoms with van der Waals surface area (Å²) in [6, 6.07) is 7.23. The molecule has 3 amide bonds. The topological polar surface area (TPSA) is 98.8 Å². The van der Waals surface area contributed by atoms with Gasteiger partial charge in [-0.2, -0.15) is 0 Å². The summed E-state index contributed by atoms with van der Waals surface area (Å²) in [6.45, 7) is 6.93. The monoisotopic (exact) mass is 450 g/mol. The number of benzene rings is 1. The zero-order valence-corrected chi connectivity index (χ0v) is 19.3. The lowest BCUT2D eigenvalue weighted by molar-refractivity contribution is -0.126. The molecule has 2 aliphatic rings. The van der Waals surface area contributed by atoms with Crippen molar-refractivity contribution in [3.63, 3.8) is 0 Å². The summed E-state index contributed by atoms with van der Waals surface area (Å²) >= 11 is 0. The number of carbonyl (C=O) groups excluding carboxylic acids is 2. The van der Waals surface area contributed by atoms with E-state index in [2.05, 4.69) is 10.0 Å². The highest BCUT2D eigenvalue weighted by Crippen LogP contribution is 2.20. The minimum absolute atomic E-state index is 0.0149. The van der Waals surface area contributed by atoms with E-state index in [-0.39, 0.29) is 29.7 Å². The fourth-order valence-electron chi connectivity index (χ4n) is 4.15. The Morgan fingerprint density at radius 1 is 0.968 bits per heavy atom. The molecule has 2 N–H and O–H groups in total. The number of nitrogens with one attached hydrogen (secondary N) is 2. The second kappa shape index (κ2) is 10.5. The molecule has 0 saturated carbocycles. The van der Waals surface area contributed by atoms with Crippen molar-refractivity contribution in [1.29, 1.82) is 0 Å². The van der Waals surface area contributed by atoms with Crippen LogP contribution < -0.4 is 10.0 Å². The van der Waals surface area contributed by atoms with Gasteiger partial charge in [0.25, 0.3) is 0 Å². The second-order valence-corrected chi connectivity index (χ2v) is 10.6. The Morgan fingerprint density at radius 2 is 1.52 bits per heavy atom. The van der Waals surface area contributed by atoms with Crippen LogP contribution in [0.1, 0.15) is 50.7 Å². The third-order valence-corrected chi connectivity index (χ3v) is 7.32. The Bertz CT molecular complexity index is 856. The average molecular weight is 451 g/mol. The predicted octanol–water partition coefficient (Wildman–Crippen LogP) is 2.06. The van der Waals surface area contributed by atoms with Gasteiger partial charge in [-0.25, -0.2) is 17.9 Å². The lowest BCUT2D eigenvalue weighted by atomic mass is 9.96. The molecule has 0 spiro atoms. The summed E-state index contributed by atoms with van der Waals surface area (Å²) in [4.78, 5) is 28.8. The van der Waals surface area contributed by atoms with Crippen LogP contribution in [0.3, 0.4) is 0 Å². The Labute approximate surface area is 185 Å². The largest absolute Gasteiger partial charge is 0.352 e. The molecule has 8 nitrogen and oxygen atoms in total. The first kappa shape index (κ1) is 23.5. The number of rotatable bonds is 7. The Morgan fingerprint density at radius 3 is 2.10 bits per heavy atom. The molecule has 0 atom stereocenters. The van der Waals surface area contributed by atoms with Gasteiger partial charge >= 0.3 is 6.03 Å². The van der Waals surface area contributed by atoms with Crippen LogP contribution in [0.5, 0.6) is 0 Å². The van der Waals surface area contributed by atoms with Gasteiger partial charge in [-0.1, -0.05) is 24.3 Å². The Balaban J connectivity index is 1.42. The third kappa shape index (κ3) is 6.93. The number of urea groups is 1. The first-order valence-corrected chi connectivity index (χ1v) is 12.8. The van der Waals surface area contributed by atoms with Gasteiger partial charge in [0.15, 0.2) is 0 Å². The maximum Gasteiger partial charge on any atom is 0.319 e. The number of sulfonamides is 1. The number of hydrogen-bond donors (Lipinski definition) is 2. The molecule has 3 rings (SSSR count). The van der Waals surface area contributed by atoms with Gasteiger partial charge in [0.1, 0.15) is 0 Å². The van der Waals surface area contributed by atoms with E-state index in [0.717, 1.165) is 31.5 Å². The number of carbonyl (C=O) groups is 2. The van der Waals surface area contributed by atoms with E-state index >= 15 is 0 Å². The minimum atomic E-state index is -3.35. The highest BCUT2D eigenvalue weighted by Gasteiger charge is 2.30. The highest BCUT2D eigenvalue weighted by molar-refractivity contribution is 7.88. The Hall–Kier alpha value is -2.13. The SMILES string of the molecule is CC(C)NS(=O)(=O)Cc1ccc(CNC(=O)C2CCN(C(=O)N3CCCC3)CC2)cc1. The molecule has 31 heavy (non-hydrogen) atoms. The molecular weight excluding hydrogens is 416 g/mol. The van der Waals surface area contributed by atoms with E-state index in [9.17, 15) is 18.0 Å². The third-order valence-electron chi connectivity index (χ3n) is 5.77. The molecule has 1 aromatic rings. The molecule has 0 bridgehead atoms. The number of hydrogen-bond acceptors (Lipinski definition) is 4. The Kier molecular flexibility index (Phi) is 7.94. The molecule has 2 heterocycles. The van der Waals surface area contributed by atoms with E-state index in [0.29, 0.717) is 38.0 Å². The van der Waals surface area contributed by atoms with Crippen LogP contribution in [0.4, 0.5) is 4.79 Å². The smallest absolute Gasteiger partial charge is 0.319 e. The van der Waals surface area contributed by atoms with E-state index in [1.807, 2.05) is 21.9 Å². The highest BCUT2D eigenvalue weighted by atomic mass is 32.2. The molecule has 2 saturated heterocycles. The van der Waals surface area contributed by atoms with Crippen LogP contribution in [0.15, 0.2) is 24.3 Å². The average Bonchev–Trinajstić information content (AvgIpc) is 3.26. The number of likely N-dealkylation sites (tertiary alicyclic amines) is 2. The van der Waals surface area contributed by atoms with Crippen molar-refractivity contribution in [1.82, 2.24) is 19.8 Å². The molecule has 2 fully saturated rings. The maximum absolute atomic E-state index is 12.5. The van der Waals surface area contributed by atoms with Gasteiger partial charge in [0.2, 0.25) is 15.9 Å². The van der Waals surface area contributed by atoms with Crippen molar-refractivity contribution in [3.05, 3.63) is 35.4 Å². The number of nitrogens with zero attached hydrogens (tertiary/aromatic N) is 2. The van der Waals surface area contributed by atoms with E-state index in [1.54, 1.807) is 26.0 Å². The van der Waals surface area contributed by atoms with Crippen molar-refractivity contribution in [2.75, 3.05) is 26.2 Å². The summed E-state index contributed by atoms with van der Waals surface area (Å²) < 4.78 is 26.6. The van der Waals surface area contributed by atoms with Crippen LogP contribution in [-0.2, 0) is 27.1 Å². The summed E-state index contributed by atoms with van der Waals surface area (Å²) in [5.41, 5.74) is 1.63. The van der Waals surface area contributed by atoms with Crippen LogP contribution >= 0.6 is 0 Å². The van der Waals surface area contributed by atoms with Crippen LogP contribution in [-0.4, -0.2) is 62.4 Å². The van der Waals surface area contributed by atoms with Gasteiger partial charge in [-0.15, -0.1) is 0 Å². The predicted molar refractivity (Wildman–Crippen MR) is 120 cm³/mol. The molecule has 1 aromatic carbocycles. The number of piperidine rings is 1. The lowest BCUT2D eigenvalue weighted by Gasteiger charge is -2.34. The fourth-order valence-corrected chi connectivity index (χ4v) is 5.58. The minimum Gasteiger partial charge on any atom is -0.352 e. The summed E-state index contributed by atoms with van der Waals surface area (Å²) in [6.07, 6.45) is 3.53. The molecule has 0 aromatic heterocycles. The van der Waals surface area contributed by atoms with Crippen molar-refractivity contribution in [2.24, 2.45) is 5.92 Å². The first-order chi connectivity index (χ1) is 14.7. The molecule has 9 heteroatoms. The van der Waals surface area contributed by atoms with Crippen LogP contribution in [0.2, 0.25) is 0 Å². The quantitative estimate of drug-likeness (QED) is 0.664. The molecule has 0 unspecified atom stereocenters. The zero-order valence-electron chi connectivity index (χ0n) is 18.5. The van der Waals surface area contributed by atoms with Crippen molar-refractivity contribution < 1.29 is 18.0 Å². The van der Waals surface area contributed by atoms with Gasteiger partial charge in [0.05, 0.1) is 5.75 Å². The molecular formula is C22H34N4O4S. The molecule has 0 aliphatic carbocycles. The van der Waals surface area contributed by atoms with Gasteiger partial charge in [0, 0.05) is 44.7 Å². The van der Waals surface area contributed by atoms with Crippen molar-refractivity contribution in [3.8, 4) is 0 Å². The summed E-state index contributed by atoms with van der Waals surface area (Å²) in [5.74, 6) is -0.123. The lowest BCUT2D eigenvalue weighted by Crippen LogP contribution is -2.47. The standard InChI is InChI=1S/C22H34N4O4S/c1-17(2)24-31(29,30)16-19-7-5-18(6-8-19)15-23-21(27)20-9-13-26(14-10-20)22(28)25-11-3-4-12-25/h5-8,17,20,24H,3-4,9-16H2,1-2H3,(H,23,27). The normalized spacial score (nSPS) is 17.9. The van der Waals surface area contributed by atoms with Crippen LogP contribution in [0, 0.1) is 5.92 Å². The molecule has 0 radical (unpaired) electrons. The number of amides is 3. The van der Waals surface area contributed by atoms with E-state index in [1.165, 1.54) is 0 Å². The van der Waals surface area contributed by atoms with E-state index in [4.69, 9.17) is 0 Å². The zero-order chi connectivity index (χ0) is 22.4. The van der Waals surface area contributed by atoms with E-state index < -0.39 is 10.0 Å². The van der Waals surface area contributed by atoms with Crippen molar-refractivity contribution in [2.45, 2.75) is 57.9 Å². The fraction of sp³-hybridized carbons (Fsp3) is 0.636. The summed E-state index contributed by atoms with van der Waals surface area (Å²) in [5, 5.41) is 2.98. The maximum atomic E-state index is 12.5. The van der Waals surface area contributed by atoms with Gasteiger partial charge in [-0.05, 0) is 50.7 Å². The van der Waals surface area contributed by atoms with Crippen LogP contribution in [0.25, 0.3) is 0 Å².